The van der Waals surface area contributed by atoms with Gasteiger partial charge in [0.1, 0.15) is 12.4 Å². The summed E-state index contributed by atoms with van der Waals surface area (Å²) in [6.45, 7) is 4.04. The number of carboxylic acid groups (broad SMARTS) is 1. The second-order valence-corrected chi connectivity index (χ2v) is 4.95. The molecule has 110 valence electrons. The van der Waals surface area contributed by atoms with Crippen LogP contribution >= 0.6 is 0 Å². The molecule has 5 nitrogen and oxygen atoms in total. The lowest BCUT2D eigenvalue weighted by Crippen LogP contribution is -2.23. The predicted molar refractivity (Wildman–Crippen MR) is 75.3 cm³/mol. The summed E-state index contributed by atoms with van der Waals surface area (Å²) in [7, 11) is 0. The topological polar surface area (TPSA) is 67.8 Å². The SMILES string of the molecule is O=C(O)c1cccc(OCCNCCC2CCOC2)c1. The molecule has 1 heterocycles. The lowest BCUT2D eigenvalue weighted by atomic mass is 10.1. The molecule has 1 aliphatic heterocycles. The molecule has 0 aromatic heterocycles. The molecule has 1 atom stereocenters. The summed E-state index contributed by atoms with van der Waals surface area (Å²) in [5, 5.41) is 12.2. The summed E-state index contributed by atoms with van der Waals surface area (Å²) in [4.78, 5) is 10.8. The Labute approximate surface area is 118 Å². The molecule has 5 heteroatoms. The van der Waals surface area contributed by atoms with E-state index >= 15 is 0 Å². The molecule has 1 unspecified atom stereocenters. The Hall–Kier alpha value is -1.59. The van der Waals surface area contributed by atoms with Gasteiger partial charge in [-0.05, 0) is 43.5 Å². The molecule has 1 saturated heterocycles. The van der Waals surface area contributed by atoms with Crippen molar-refractivity contribution >= 4 is 5.97 Å². The second kappa shape index (κ2) is 7.87. The van der Waals surface area contributed by atoms with E-state index < -0.39 is 5.97 Å². The molecule has 1 aromatic rings. The lowest BCUT2D eigenvalue weighted by Gasteiger charge is -2.10. The molecule has 1 aliphatic rings. The highest BCUT2D eigenvalue weighted by atomic mass is 16.5. The smallest absolute Gasteiger partial charge is 0.335 e. The maximum Gasteiger partial charge on any atom is 0.335 e. The number of benzene rings is 1. The lowest BCUT2D eigenvalue weighted by molar-refractivity contribution is 0.0696. The number of aromatic carboxylic acids is 1. The van der Waals surface area contributed by atoms with Crippen LogP contribution in [-0.4, -0.2) is 44.0 Å². The number of carboxylic acids is 1. The molecule has 0 aliphatic carbocycles. The fourth-order valence-corrected chi connectivity index (χ4v) is 2.20. The van der Waals surface area contributed by atoms with Gasteiger partial charge in [-0.1, -0.05) is 6.07 Å². The highest BCUT2D eigenvalue weighted by molar-refractivity contribution is 5.87. The Kier molecular flexibility index (Phi) is 5.83. The van der Waals surface area contributed by atoms with Crippen LogP contribution in [0.5, 0.6) is 5.75 Å². The van der Waals surface area contributed by atoms with Crippen LogP contribution in [0.25, 0.3) is 0 Å². The maximum atomic E-state index is 10.8. The predicted octanol–water partition coefficient (Wildman–Crippen LogP) is 1.78. The average molecular weight is 279 g/mol. The van der Waals surface area contributed by atoms with Crippen LogP contribution in [0.1, 0.15) is 23.2 Å². The molecule has 2 rings (SSSR count). The number of carbonyl (C=O) groups is 1. The van der Waals surface area contributed by atoms with Crippen LogP contribution in [0.15, 0.2) is 24.3 Å². The monoisotopic (exact) mass is 279 g/mol. The Morgan fingerprint density at radius 1 is 1.45 bits per heavy atom. The average Bonchev–Trinajstić information content (AvgIpc) is 2.96. The molecular weight excluding hydrogens is 258 g/mol. The highest BCUT2D eigenvalue weighted by Gasteiger charge is 2.14. The van der Waals surface area contributed by atoms with E-state index in [1.807, 2.05) is 0 Å². The molecule has 0 saturated carbocycles. The standard InChI is InChI=1S/C15H21NO4/c17-15(18)13-2-1-3-14(10-13)20-9-7-16-6-4-12-5-8-19-11-12/h1-3,10,12,16H,4-9,11H2,(H,17,18). The van der Waals surface area contributed by atoms with Gasteiger partial charge >= 0.3 is 5.97 Å². The number of ether oxygens (including phenoxy) is 2. The van der Waals surface area contributed by atoms with Crippen LogP contribution in [0.3, 0.4) is 0 Å². The van der Waals surface area contributed by atoms with Crippen LogP contribution in [0, 0.1) is 5.92 Å². The zero-order chi connectivity index (χ0) is 14.2. The fraction of sp³-hybridized carbons (Fsp3) is 0.533. The molecule has 0 radical (unpaired) electrons. The fourth-order valence-electron chi connectivity index (χ4n) is 2.20. The van der Waals surface area contributed by atoms with Crippen LogP contribution in [0.2, 0.25) is 0 Å². The molecule has 1 aromatic carbocycles. The van der Waals surface area contributed by atoms with E-state index in [0.717, 1.165) is 32.7 Å². The first-order valence-corrected chi connectivity index (χ1v) is 7.00. The van der Waals surface area contributed by atoms with Crippen molar-refractivity contribution in [1.29, 1.82) is 0 Å². The van der Waals surface area contributed by atoms with Crippen molar-refractivity contribution in [3.8, 4) is 5.75 Å². The van der Waals surface area contributed by atoms with Gasteiger partial charge in [-0.15, -0.1) is 0 Å². The molecule has 0 bridgehead atoms. The minimum absolute atomic E-state index is 0.247. The Bertz CT molecular complexity index is 430. The van der Waals surface area contributed by atoms with E-state index in [2.05, 4.69) is 5.32 Å². The van der Waals surface area contributed by atoms with Crippen molar-refractivity contribution in [3.05, 3.63) is 29.8 Å². The summed E-state index contributed by atoms with van der Waals surface area (Å²) in [5.41, 5.74) is 0.247. The van der Waals surface area contributed by atoms with Gasteiger partial charge in [0.15, 0.2) is 0 Å². The third-order valence-electron chi connectivity index (χ3n) is 3.38. The van der Waals surface area contributed by atoms with Gasteiger partial charge in [0.05, 0.1) is 5.56 Å². The summed E-state index contributed by atoms with van der Waals surface area (Å²) in [5.74, 6) is 0.346. The maximum absolute atomic E-state index is 10.8. The van der Waals surface area contributed by atoms with E-state index in [4.69, 9.17) is 14.6 Å². The van der Waals surface area contributed by atoms with Gasteiger partial charge in [-0.3, -0.25) is 0 Å². The van der Waals surface area contributed by atoms with E-state index in [9.17, 15) is 4.79 Å². The van der Waals surface area contributed by atoms with E-state index in [-0.39, 0.29) is 5.56 Å². The number of rotatable bonds is 8. The van der Waals surface area contributed by atoms with Crippen molar-refractivity contribution in [3.63, 3.8) is 0 Å². The van der Waals surface area contributed by atoms with Gasteiger partial charge in [0.2, 0.25) is 0 Å². The third kappa shape index (κ3) is 4.83. The van der Waals surface area contributed by atoms with Crippen molar-refractivity contribution < 1.29 is 19.4 Å². The van der Waals surface area contributed by atoms with Crippen molar-refractivity contribution in [2.24, 2.45) is 5.92 Å². The van der Waals surface area contributed by atoms with E-state index in [1.165, 1.54) is 12.5 Å². The normalized spacial score (nSPS) is 18.1. The number of nitrogens with one attached hydrogen (secondary N) is 1. The summed E-state index contributed by atoms with van der Waals surface area (Å²) >= 11 is 0. The minimum Gasteiger partial charge on any atom is -0.492 e. The van der Waals surface area contributed by atoms with Gasteiger partial charge in [-0.25, -0.2) is 4.79 Å². The molecule has 2 N–H and O–H groups in total. The molecule has 1 fully saturated rings. The summed E-state index contributed by atoms with van der Waals surface area (Å²) in [6.07, 6.45) is 2.30. The molecule has 20 heavy (non-hydrogen) atoms. The Morgan fingerprint density at radius 3 is 3.10 bits per heavy atom. The van der Waals surface area contributed by atoms with Gasteiger partial charge in [-0.2, -0.15) is 0 Å². The van der Waals surface area contributed by atoms with Crippen molar-refractivity contribution in [1.82, 2.24) is 5.32 Å². The first-order chi connectivity index (χ1) is 9.75. The quantitative estimate of drug-likeness (QED) is 0.710. The van der Waals surface area contributed by atoms with Crippen LogP contribution < -0.4 is 10.1 Å². The van der Waals surface area contributed by atoms with Gasteiger partial charge < -0.3 is 19.9 Å². The van der Waals surface area contributed by atoms with Gasteiger partial charge in [0.25, 0.3) is 0 Å². The van der Waals surface area contributed by atoms with Crippen molar-refractivity contribution in [2.45, 2.75) is 12.8 Å². The van der Waals surface area contributed by atoms with E-state index in [0.29, 0.717) is 18.3 Å². The Morgan fingerprint density at radius 2 is 2.35 bits per heavy atom. The Balaban J connectivity index is 1.58. The largest absolute Gasteiger partial charge is 0.492 e. The van der Waals surface area contributed by atoms with E-state index in [1.54, 1.807) is 18.2 Å². The zero-order valence-electron chi connectivity index (χ0n) is 11.5. The molecule has 0 spiro atoms. The van der Waals surface area contributed by atoms with Crippen molar-refractivity contribution in [2.75, 3.05) is 32.9 Å². The molecule has 0 amide bonds. The van der Waals surface area contributed by atoms with Gasteiger partial charge in [0, 0.05) is 19.8 Å². The highest BCUT2D eigenvalue weighted by Crippen LogP contribution is 2.15. The number of hydrogen-bond acceptors (Lipinski definition) is 4. The van der Waals surface area contributed by atoms with Crippen LogP contribution in [0.4, 0.5) is 0 Å². The second-order valence-electron chi connectivity index (χ2n) is 4.95. The molecular formula is C15H21NO4. The summed E-state index contributed by atoms with van der Waals surface area (Å²) in [6, 6.07) is 6.55. The van der Waals surface area contributed by atoms with Crippen LogP contribution in [-0.2, 0) is 4.74 Å². The number of hydrogen-bond donors (Lipinski definition) is 2. The third-order valence-corrected chi connectivity index (χ3v) is 3.38. The first-order valence-electron chi connectivity index (χ1n) is 7.00. The minimum atomic E-state index is -0.938. The first kappa shape index (κ1) is 14.8. The zero-order valence-corrected chi connectivity index (χ0v) is 11.5. The summed E-state index contributed by atoms with van der Waals surface area (Å²) < 4.78 is 10.8.